The van der Waals surface area contributed by atoms with E-state index in [0.717, 1.165) is 10.6 Å². The van der Waals surface area contributed by atoms with Crippen LogP contribution in [0.2, 0.25) is 10.6 Å². The zero-order valence-corrected chi connectivity index (χ0v) is 7.05. The molecule has 2 heteroatoms. The zero-order valence-electron chi connectivity index (χ0n) is 5.90. The molecule has 46 valence electrons. The van der Waals surface area contributed by atoms with Gasteiger partial charge < -0.3 is 4.79 Å². The minimum atomic E-state index is -0.904. The van der Waals surface area contributed by atoms with Crippen molar-refractivity contribution in [1.82, 2.24) is 0 Å². The predicted octanol–water partition coefficient (Wildman–Crippen LogP) is 1.65. The van der Waals surface area contributed by atoms with Gasteiger partial charge in [-0.25, -0.2) is 0 Å². The fourth-order valence-corrected chi connectivity index (χ4v) is 2.59. The van der Waals surface area contributed by atoms with Crippen LogP contribution in [0.5, 0.6) is 0 Å². The fraction of sp³-hybridized carbons (Fsp3) is 0.833. The van der Waals surface area contributed by atoms with Crippen molar-refractivity contribution in [1.29, 1.82) is 0 Å². The Labute approximate surface area is 55.5 Å². The molecule has 0 aliphatic carbocycles. The third kappa shape index (κ3) is 2.50. The Morgan fingerprint density at radius 2 is 1.75 bits per heavy atom. The van der Waals surface area contributed by atoms with Crippen LogP contribution >= 0.6 is 0 Å². The van der Waals surface area contributed by atoms with Gasteiger partial charge in [-0.1, -0.05) is 24.4 Å². The van der Waals surface area contributed by atoms with Gasteiger partial charge in [-0.3, -0.25) is 0 Å². The summed E-state index contributed by atoms with van der Waals surface area (Å²) in [5, 5.41) is 2.26. The minimum absolute atomic E-state index is 0.468. The maximum atomic E-state index is 10.7. The Bertz CT molecular complexity index is 76.6. The fourth-order valence-electron chi connectivity index (χ4n) is 0.864. The number of carbonyl (C=O) groups is 1. The molecule has 0 aliphatic heterocycles. The third-order valence-electron chi connectivity index (χ3n) is 1.56. The molecule has 1 nitrogen and oxygen atoms in total. The summed E-state index contributed by atoms with van der Waals surface area (Å²) in [7, 11) is 0. The second kappa shape index (κ2) is 4.12. The quantitative estimate of drug-likeness (QED) is 0.528. The summed E-state index contributed by atoms with van der Waals surface area (Å²) >= 11 is -0.904. The number of hydrogen-bond acceptors (Lipinski definition) is 1. The number of hydrogen-bond donors (Lipinski definition) is 0. The van der Waals surface area contributed by atoms with Crippen LogP contribution in [0, 0.1) is 0 Å². The van der Waals surface area contributed by atoms with Gasteiger partial charge in [0.1, 0.15) is 0 Å². The second-order valence-electron chi connectivity index (χ2n) is 2.12. The maximum absolute atomic E-state index is 10.7. The van der Waals surface area contributed by atoms with Crippen molar-refractivity contribution in [2.24, 2.45) is 0 Å². The minimum Gasteiger partial charge on any atom is -0.321 e. The molecule has 0 rings (SSSR count). The van der Waals surface area contributed by atoms with E-state index in [1.54, 1.807) is 6.92 Å². The molecule has 0 aromatic carbocycles. The monoisotopic (exact) mass is 128 g/mol. The lowest BCUT2D eigenvalue weighted by Crippen LogP contribution is -2.19. The first-order valence-electron chi connectivity index (χ1n) is 3.22. The van der Waals surface area contributed by atoms with Crippen molar-refractivity contribution in [2.45, 2.75) is 31.3 Å². The van der Waals surface area contributed by atoms with Crippen molar-refractivity contribution in [3.05, 3.63) is 0 Å². The molecule has 0 bridgehead atoms. The molecule has 8 heavy (non-hydrogen) atoms. The standard InChI is InChI=1S/C2H3O.2C2H5.Al/c1-2-3;2*1-2;/h1H3;2*1H2,2H3;. The van der Waals surface area contributed by atoms with Crippen LogP contribution in [0.3, 0.4) is 0 Å². The van der Waals surface area contributed by atoms with E-state index in [-0.39, 0.29) is 0 Å². The summed E-state index contributed by atoms with van der Waals surface area (Å²) in [4.78, 5) is 10.7. The van der Waals surface area contributed by atoms with Crippen molar-refractivity contribution >= 4 is 18.8 Å². The lowest BCUT2D eigenvalue weighted by molar-refractivity contribution is -0.110. The summed E-state index contributed by atoms with van der Waals surface area (Å²) in [5.41, 5.74) is 0. The first kappa shape index (κ1) is 8.20. The van der Waals surface area contributed by atoms with Gasteiger partial charge in [0.25, 0.3) is 0 Å². The van der Waals surface area contributed by atoms with Crippen molar-refractivity contribution in [3.63, 3.8) is 0 Å². The summed E-state index contributed by atoms with van der Waals surface area (Å²) in [6.45, 7) is 5.95. The summed E-state index contributed by atoms with van der Waals surface area (Å²) in [6, 6.07) is 0. The van der Waals surface area contributed by atoms with Gasteiger partial charge in [0.05, 0.1) is 0 Å². The molecule has 0 aliphatic rings. The van der Waals surface area contributed by atoms with Gasteiger partial charge in [0.15, 0.2) is 0 Å². The molecular formula is C6H13AlO. The van der Waals surface area contributed by atoms with E-state index >= 15 is 0 Å². The van der Waals surface area contributed by atoms with Crippen molar-refractivity contribution in [3.8, 4) is 0 Å². The Balaban J connectivity index is 3.52. The molecule has 0 N–H and O–H groups in total. The summed E-state index contributed by atoms with van der Waals surface area (Å²) < 4.78 is 0.468. The van der Waals surface area contributed by atoms with Gasteiger partial charge in [0.2, 0.25) is 0 Å². The SMILES string of the molecule is C[CH2][Al]([CH2]C)[C](C)=O. The molecule has 0 unspecified atom stereocenters. The molecular weight excluding hydrogens is 115 g/mol. The van der Waals surface area contributed by atoms with Crippen LogP contribution in [-0.2, 0) is 4.79 Å². The average Bonchev–Trinajstić information content (AvgIpc) is 1.69. The van der Waals surface area contributed by atoms with Crippen molar-refractivity contribution in [2.75, 3.05) is 0 Å². The van der Waals surface area contributed by atoms with Crippen LogP contribution in [0.15, 0.2) is 0 Å². The molecule has 0 spiro atoms. The molecule has 0 heterocycles. The normalized spacial score (nSPS) is 8.88. The molecule has 0 radical (unpaired) electrons. The topological polar surface area (TPSA) is 17.1 Å². The van der Waals surface area contributed by atoms with Crippen LogP contribution in [0.1, 0.15) is 20.8 Å². The molecule has 0 saturated heterocycles. The molecule has 0 amide bonds. The first-order chi connectivity index (χ1) is 3.72. The van der Waals surface area contributed by atoms with Crippen LogP contribution in [-0.4, -0.2) is 18.8 Å². The highest BCUT2D eigenvalue weighted by Gasteiger charge is 2.16. The van der Waals surface area contributed by atoms with Crippen molar-refractivity contribution < 1.29 is 4.79 Å². The number of rotatable bonds is 3. The molecule has 0 aromatic heterocycles. The third-order valence-corrected chi connectivity index (χ3v) is 4.68. The van der Waals surface area contributed by atoms with E-state index in [9.17, 15) is 4.79 Å². The zero-order chi connectivity index (χ0) is 6.57. The molecule has 0 fully saturated rings. The average molecular weight is 128 g/mol. The van der Waals surface area contributed by atoms with Gasteiger partial charge in [-0.2, -0.15) is 0 Å². The molecule has 0 aromatic rings. The molecule has 0 saturated carbocycles. The highest BCUT2D eigenvalue weighted by atomic mass is 27.2. The maximum Gasteiger partial charge on any atom is 0.364 e. The largest absolute Gasteiger partial charge is 0.364 e. The predicted molar refractivity (Wildman–Crippen MR) is 37.4 cm³/mol. The van der Waals surface area contributed by atoms with Crippen LogP contribution in [0.4, 0.5) is 0 Å². The van der Waals surface area contributed by atoms with Crippen LogP contribution < -0.4 is 0 Å². The van der Waals surface area contributed by atoms with Gasteiger partial charge in [0, 0.05) is 4.65 Å². The highest BCUT2D eigenvalue weighted by molar-refractivity contribution is 6.89. The summed E-state index contributed by atoms with van der Waals surface area (Å²) in [6.07, 6.45) is 0. The van der Waals surface area contributed by atoms with Gasteiger partial charge in [-0.15, -0.1) is 0 Å². The van der Waals surface area contributed by atoms with E-state index < -0.39 is 14.1 Å². The van der Waals surface area contributed by atoms with Gasteiger partial charge >= 0.3 is 14.1 Å². The Hall–Kier alpha value is 0.202. The van der Waals surface area contributed by atoms with Gasteiger partial charge in [-0.05, 0) is 6.92 Å². The molecule has 0 atom stereocenters. The summed E-state index contributed by atoms with van der Waals surface area (Å²) in [5.74, 6) is 0. The lowest BCUT2D eigenvalue weighted by atomic mass is 10.9. The first-order valence-corrected chi connectivity index (χ1v) is 5.43. The van der Waals surface area contributed by atoms with E-state index in [4.69, 9.17) is 0 Å². The Morgan fingerprint density at radius 1 is 1.38 bits per heavy atom. The van der Waals surface area contributed by atoms with E-state index in [1.165, 1.54) is 0 Å². The Morgan fingerprint density at radius 3 is 1.75 bits per heavy atom. The van der Waals surface area contributed by atoms with E-state index in [1.807, 2.05) is 0 Å². The lowest BCUT2D eigenvalue weighted by Gasteiger charge is -1.96. The number of carbonyl (C=O) groups excluding carboxylic acids is 1. The van der Waals surface area contributed by atoms with Crippen LogP contribution in [0.25, 0.3) is 0 Å². The smallest absolute Gasteiger partial charge is 0.321 e. The second-order valence-corrected chi connectivity index (χ2v) is 5.96. The Kier molecular flexibility index (Phi) is 4.22. The van der Waals surface area contributed by atoms with E-state index in [2.05, 4.69) is 13.8 Å². The van der Waals surface area contributed by atoms with E-state index in [0.29, 0.717) is 4.65 Å². The highest BCUT2D eigenvalue weighted by Crippen LogP contribution is 1.97.